The van der Waals surface area contributed by atoms with Gasteiger partial charge in [0.05, 0.1) is 15.7 Å². The molecule has 2 heterocycles. The molecule has 0 atom stereocenters. The monoisotopic (exact) mass is 325 g/mol. The second kappa shape index (κ2) is 4.98. The third kappa shape index (κ3) is 2.32. The van der Waals surface area contributed by atoms with Crippen molar-refractivity contribution in [1.29, 1.82) is 0 Å². The normalized spacial score (nSPS) is 11.0. The molecule has 8 heteroatoms. The molecule has 0 fully saturated rings. The van der Waals surface area contributed by atoms with Crippen LogP contribution in [-0.4, -0.2) is 25.4 Å². The third-order valence-electron chi connectivity index (χ3n) is 2.86. The van der Waals surface area contributed by atoms with Gasteiger partial charge in [0, 0.05) is 24.2 Å². The molecule has 3 rings (SSSR count). The Bertz CT molecular complexity index is 879. The van der Waals surface area contributed by atoms with E-state index in [9.17, 15) is 9.18 Å². The lowest BCUT2D eigenvalue weighted by Crippen LogP contribution is -2.03. The average molecular weight is 326 g/mol. The Labute approximate surface area is 127 Å². The fraction of sp³-hybridized carbons (Fsp3) is 0. The number of imidazole rings is 1. The third-order valence-corrected chi connectivity index (χ3v) is 3.47. The van der Waals surface area contributed by atoms with Crippen molar-refractivity contribution in [1.82, 2.24) is 14.4 Å². The number of aromatic carboxylic acids is 1. The minimum atomic E-state index is -1.20. The number of benzene rings is 1. The Kier molecular flexibility index (Phi) is 3.27. The average Bonchev–Trinajstić information content (AvgIpc) is 2.85. The highest BCUT2D eigenvalue weighted by Crippen LogP contribution is 2.32. The fourth-order valence-electron chi connectivity index (χ4n) is 1.92. The highest BCUT2D eigenvalue weighted by Gasteiger charge is 2.16. The van der Waals surface area contributed by atoms with E-state index in [1.54, 1.807) is 6.20 Å². The van der Waals surface area contributed by atoms with E-state index in [0.29, 0.717) is 11.3 Å². The van der Waals surface area contributed by atoms with Gasteiger partial charge in [0.2, 0.25) is 0 Å². The van der Waals surface area contributed by atoms with Gasteiger partial charge in [-0.3, -0.25) is 0 Å². The van der Waals surface area contributed by atoms with Crippen LogP contribution in [0.2, 0.25) is 10.0 Å². The van der Waals surface area contributed by atoms with Gasteiger partial charge in [-0.25, -0.2) is 19.2 Å². The van der Waals surface area contributed by atoms with Gasteiger partial charge in [-0.15, -0.1) is 0 Å². The standard InChI is InChI=1S/C13H6Cl2FN3O2/c14-7-4-8(15)9(16)3-6(7)10-5-19-2-1-17-11(13(20)21)12(19)18-10/h1-5H,(H,20,21). The van der Waals surface area contributed by atoms with Crippen LogP contribution in [0, 0.1) is 5.82 Å². The Morgan fingerprint density at radius 3 is 2.76 bits per heavy atom. The van der Waals surface area contributed by atoms with Crippen LogP contribution < -0.4 is 0 Å². The Balaban J connectivity index is 2.25. The molecule has 0 aliphatic heterocycles. The Hall–Kier alpha value is -2.18. The molecule has 0 saturated heterocycles. The van der Waals surface area contributed by atoms with Crippen LogP contribution >= 0.6 is 23.2 Å². The molecular formula is C13H6Cl2FN3O2. The smallest absolute Gasteiger partial charge is 0.358 e. The van der Waals surface area contributed by atoms with Crippen molar-refractivity contribution in [3.8, 4) is 11.3 Å². The van der Waals surface area contributed by atoms with Crippen molar-refractivity contribution in [2.24, 2.45) is 0 Å². The number of halogens is 3. The van der Waals surface area contributed by atoms with Gasteiger partial charge in [0.25, 0.3) is 0 Å². The van der Waals surface area contributed by atoms with E-state index < -0.39 is 11.8 Å². The quantitative estimate of drug-likeness (QED) is 0.732. The van der Waals surface area contributed by atoms with Gasteiger partial charge in [-0.05, 0) is 12.1 Å². The lowest BCUT2D eigenvalue weighted by molar-refractivity contribution is 0.0692. The van der Waals surface area contributed by atoms with Crippen molar-refractivity contribution >= 4 is 34.8 Å². The van der Waals surface area contributed by atoms with Gasteiger partial charge in [-0.2, -0.15) is 0 Å². The van der Waals surface area contributed by atoms with E-state index in [2.05, 4.69) is 9.97 Å². The van der Waals surface area contributed by atoms with E-state index >= 15 is 0 Å². The number of carboxylic acid groups (broad SMARTS) is 1. The van der Waals surface area contributed by atoms with Crippen molar-refractivity contribution < 1.29 is 14.3 Å². The predicted octanol–water partition coefficient (Wildman–Crippen LogP) is 3.54. The van der Waals surface area contributed by atoms with Crippen molar-refractivity contribution in [3.05, 3.63) is 52.3 Å². The first-order valence-corrected chi connectivity index (χ1v) is 6.45. The van der Waals surface area contributed by atoms with Crippen LogP contribution in [0.15, 0.2) is 30.7 Å². The number of carbonyl (C=O) groups is 1. The lowest BCUT2D eigenvalue weighted by atomic mass is 10.1. The highest BCUT2D eigenvalue weighted by molar-refractivity contribution is 6.36. The molecule has 0 aliphatic rings. The first-order chi connectivity index (χ1) is 9.97. The van der Waals surface area contributed by atoms with Gasteiger partial charge in [-0.1, -0.05) is 23.2 Å². The molecule has 1 N–H and O–H groups in total. The summed E-state index contributed by atoms with van der Waals surface area (Å²) in [6.07, 6.45) is 4.42. The molecule has 21 heavy (non-hydrogen) atoms. The van der Waals surface area contributed by atoms with Crippen LogP contribution in [0.4, 0.5) is 4.39 Å². The summed E-state index contributed by atoms with van der Waals surface area (Å²) in [6.45, 7) is 0. The van der Waals surface area contributed by atoms with Crippen LogP contribution in [-0.2, 0) is 0 Å². The minimum absolute atomic E-state index is 0.0968. The largest absolute Gasteiger partial charge is 0.476 e. The second-order valence-electron chi connectivity index (χ2n) is 4.18. The van der Waals surface area contributed by atoms with Crippen molar-refractivity contribution in [3.63, 3.8) is 0 Å². The Morgan fingerprint density at radius 1 is 1.29 bits per heavy atom. The molecule has 3 aromatic rings. The maximum atomic E-state index is 13.6. The molecule has 2 aromatic heterocycles. The summed E-state index contributed by atoms with van der Waals surface area (Å²) in [5, 5.41) is 9.20. The number of aromatic nitrogens is 3. The Morgan fingerprint density at radius 2 is 2.05 bits per heavy atom. The molecule has 0 aliphatic carbocycles. The molecule has 0 bridgehead atoms. The number of hydrogen-bond donors (Lipinski definition) is 1. The molecule has 0 spiro atoms. The van der Waals surface area contributed by atoms with E-state index in [0.717, 1.165) is 6.07 Å². The first-order valence-electron chi connectivity index (χ1n) is 5.69. The minimum Gasteiger partial charge on any atom is -0.476 e. The maximum absolute atomic E-state index is 13.6. The predicted molar refractivity (Wildman–Crippen MR) is 75.4 cm³/mol. The summed E-state index contributed by atoms with van der Waals surface area (Å²) in [5.74, 6) is -1.84. The zero-order valence-electron chi connectivity index (χ0n) is 10.2. The number of nitrogens with zero attached hydrogens (tertiary/aromatic N) is 3. The van der Waals surface area contributed by atoms with Crippen molar-refractivity contribution in [2.75, 3.05) is 0 Å². The van der Waals surface area contributed by atoms with Gasteiger partial charge < -0.3 is 9.51 Å². The summed E-state index contributed by atoms with van der Waals surface area (Å²) >= 11 is 11.7. The summed E-state index contributed by atoms with van der Waals surface area (Å²) in [6, 6.07) is 2.43. The first kappa shape index (κ1) is 13.8. The highest BCUT2D eigenvalue weighted by atomic mass is 35.5. The van der Waals surface area contributed by atoms with Crippen LogP contribution in [0.25, 0.3) is 16.9 Å². The fourth-order valence-corrected chi connectivity index (χ4v) is 2.40. The molecule has 0 radical (unpaired) electrons. The summed E-state index contributed by atoms with van der Waals surface area (Å²) in [7, 11) is 0. The molecular weight excluding hydrogens is 320 g/mol. The number of fused-ring (bicyclic) bond motifs is 1. The number of rotatable bonds is 2. The van der Waals surface area contributed by atoms with Crippen molar-refractivity contribution in [2.45, 2.75) is 0 Å². The number of hydrogen-bond acceptors (Lipinski definition) is 3. The summed E-state index contributed by atoms with van der Waals surface area (Å²) < 4.78 is 15.1. The van der Waals surface area contributed by atoms with Crippen LogP contribution in [0.3, 0.4) is 0 Å². The van der Waals surface area contributed by atoms with Gasteiger partial charge >= 0.3 is 5.97 Å². The molecule has 0 unspecified atom stereocenters. The molecule has 5 nitrogen and oxygen atoms in total. The number of carboxylic acids is 1. The molecule has 0 saturated carbocycles. The molecule has 1 aromatic carbocycles. The SMILES string of the molecule is O=C(O)c1nccn2cc(-c3cc(F)c(Cl)cc3Cl)nc12. The second-order valence-corrected chi connectivity index (χ2v) is 5.00. The van der Waals surface area contributed by atoms with Gasteiger partial charge in [0.15, 0.2) is 11.3 Å². The summed E-state index contributed by atoms with van der Waals surface area (Å²) in [5.41, 5.74) is 0.588. The van der Waals surface area contributed by atoms with Gasteiger partial charge in [0.1, 0.15) is 5.82 Å². The van der Waals surface area contributed by atoms with E-state index in [-0.39, 0.29) is 21.4 Å². The zero-order valence-corrected chi connectivity index (χ0v) is 11.7. The van der Waals surface area contributed by atoms with E-state index in [1.807, 2.05) is 0 Å². The van der Waals surface area contributed by atoms with Crippen LogP contribution in [0.1, 0.15) is 10.5 Å². The molecule has 106 valence electrons. The van der Waals surface area contributed by atoms with E-state index in [1.165, 1.54) is 22.9 Å². The molecule has 0 amide bonds. The van der Waals surface area contributed by atoms with Crippen LogP contribution in [0.5, 0.6) is 0 Å². The zero-order chi connectivity index (χ0) is 15.1. The topological polar surface area (TPSA) is 67.5 Å². The maximum Gasteiger partial charge on any atom is 0.358 e. The lowest BCUT2D eigenvalue weighted by Gasteiger charge is -2.02. The van der Waals surface area contributed by atoms with E-state index in [4.69, 9.17) is 28.3 Å². The summed E-state index contributed by atoms with van der Waals surface area (Å²) in [4.78, 5) is 19.0.